The molecule has 2 unspecified atom stereocenters. The van der Waals surface area contributed by atoms with Crippen LogP contribution in [-0.4, -0.2) is 26.4 Å². The van der Waals surface area contributed by atoms with Crippen LogP contribution < -0.4 is 0 Å². The molecule has 1 aromatic carbocycles. The van der Waals surface area contributed by atoms with Crippen molar-refractivity contribution < 1.29 is 9.90 Å². The molecule has 1 saturated carbocycles. The van der Waals surface area contributed by atoms with Gasteiger partial charge in [-0.2, -0.15) is 0 Å². The number of nitrogens with zero attached hydrogens (tertiary/aromatic N) is 2. The fourth-order valence-electron chi connectivity index (χ4n) is 2.27. The van der Waals surface area contributed by atoms with Gasteiger partial charge >= 0.3 is 5.97 Å². The van der Waals surface area contributed by atoms with Crippen LogP contribution in [0.15, 0.2) is 23.4 Å². The molecule has 2 atom stereocenters. The summed E-state index contributed by atoms with van der Waals surface area (Å²) >= 11 is 7.42. The van der Waals surface area contributed by atoms with Crippen LogP contribution in [0, 0.1) is 5.92 Å². The van der Waals surface area contributed by atoms with E-state index in [1.165, 1.54) is 11.8 Å². The minimum atomic E-state index is -0.835. The normalized spacial score (nSPS) is 21.8. The van der Waals surface area contributed by atoms with E-state index in [9.17, 15) is 4.79 Å². The number of imidazole rings is 1. The van der Waals surface area contributed by atoms with E-state index in [1.807, 2.05) is 18.2 Å². The van der Waals surface area contributed by atoms with Gasteiger partial charge in [0.1, 0.15) is 5.52 Å². The lowest BCUT2D eigenvalue weighted by Gasteiger charge is -2.06. The maximum absolute atomic E-state index is 10.7. The minimum absolute atomic E-state index is 0.0159. The smallest absolute Gasteiger partial charge is 0.313 e. The van der Waals surface area contributed by atoms with Gasteiger partial charge in [0.25, 0.3) is 0 Å². The van der Waals surface area contributed by atoms with E-state index in [4.69, 9.17) is 16.7 Å². The van der Waals surface area contributed by atoms with Crippen LogP contribution in [0.4, 0.5) is 0 Å². The highest BCUT2D eigenvalue weighted by atomic mass is 35.5. The molecule has 19 heavy (non-hydrogen) atoms. The molecule has 1 N–H and O–H groups in total. The third-order valence-corrected chi connectivity index (χ3v) is 4.60. The molecule has 0 radical (unpaired) electrons. The van der Waals surface area contributed by atoms with Crippen LogP contribution in [0.25, 0.3) is 11.0 Å². The fraction of sp³-hybridized carbons (Fsp3) is 0.385. The minimum Gasteiger partial charge on any atom is -0.481 e. The Morgan fingerprint density at radius 2 is 2.37 bits per heavy atom. The first-order valence-corrected chi connectivity index (χ1v) is 7.45. The van der Waals surface area contributed by atoms with Gasteiger partial charge in [-0.1, -0.05) is 36.4 Å². The molecule has 0 saturated heterocycles. The van der Waals surface area contributed by atoms with Crippen molar-refractivity contribution in [1.29, 1.82) is 0 Å². The van der Waals surface area contributed by atoms with E-state index >= 15 is 0 Å². The number of fused-ring (bicyclic) bond motifs is 1. The summed E-state index contributed by atoms with van der Waals surface area (Å²) in [5.74, 6) is -0.207. The fourth-order valence-corrected chi connectivity index (χ4v) is 3.27. The molecule has 0 aliphatic heterocycles. The largest absolute Gasteiger partial charge is 0.481 e. The van der Waals surface area contributed by atoms with Gasteiger partial charge in [-0.3, -0.25) is 4.79 Å². The molecule has 0 amide bonds. The van der Waals surface area contributed by atoms with E-state index in [0.29, 0.717) is 17.0 Å². The van der Waals surface area contributed by atoms with Gasteiger partial charge in [0.05, 0.1) is 16.3 Å². The average Bonchev–Trinajstić information content (AvgIpc) is 2.94. The molecule has 1 fully saturated rings. The number of para-hydroxylation sites is 1. The molecular weight excluding hydrogens is 284 g/mol. The quantitative estimate of drug-likeness (QED) is 0.878. The molecule has 0 spiro atoms. The van der Waals surface area contributed by atoms with Gasteiger partial charge in [0, 0.05) is 6.04 Å². The van der Waals surface area contributed by atoms with Crippen molar-refractivity contribution in [2.24, 2.45) is 5.92 Å². The van der Waals surface area contributed by atoms with Crippen LogP contribution in [0.1, 0.15) is 19.4 Å². The zero-order chi connectivity index (χ0) is 13.6. The van der Waals surface area contributed by atoms with Gasteiger partial charge in [-0.05, 0) is 24.5 Å². The molecule has 3 rings (SSSR count). The van der Waals surface area contributed by atoms with Crippen LogP contribution >= 0.6 is 23.4 Å². The Morgan fingerprint density at radius 3 is 3.00 bits per heavy atom. The number of aliphatic carboxylic acids is 1. The highest BCUT2D eigenvalue weighted by molar-refractivity contribution is 7.99. The number of carboxylic acid groups (broad SMARTS) is 1. The molecular formula is C13H13ClN2O2S. The summed E-state index contributed by atoms with van der Waals surface area (Å²) in [7, 11) is 0. The van der Waals surface area contributed by atoms with Crippen LogP contribution in [0.2, 0.25) is 5.02 Å². The van der Waals surface area contributed by atoms with E-state index in [2.05, 4.69) is 16.5 Å². The Labute approximate surface area is 119 Å². The van der Waals surface area contributed by atoms with Crippen molar-refractivity contribution in [3.05, 3.63) is 23.2 Å². The van der Waals surface area contributed by atoms with Gasteiger partial charge in [0.15, 0.2) is 5.16 Å². The van der Waals surface area contributed by atoms with E-state index in [1.54, 1.807) is 0 Å². The van der Waals surface area contributed by atoms with Crippen molar-refractivity contribution in [2.45, 2.75) is 24.5 Å². The Hall–Kier alpha value is -1.20. The second-order valence-corrected chi connectivity index (χ2v) is 6.18. The third kappa shape index (κ3) is 2.32. The Balaban J connectivity index is 2.08. The summed E-state index contributed by atoms with van der Waals surface area (Å²) in [6.45, 7) is 2.19. The number of hydrogen-bond donors (Lipinski definition) is 1. The highest BCUT2D eigenvalue weighted by Gasteiger charge is 2.37. The van der Waals surface area contributed by atoms with E-state index < -0.39 is 5.97 Å². The van der Waals surface area contributed by atoms with Gasteiger partial charge in [0.2, 0.25) is 0 Å². The molecule has 1 aromatic heterocycles. The zero-order valence-electron chi connectivity index (χ0n) is 10.3. The zero-order valence-corrected chi connectivity index (χ0v) is 11.9. The average molecular weight is 297 g/mol. The lowest BCUT2D eigenvalue weighted by atomic mass is 10.3. The molecule has 2 aromatic rings. The SMILES string of the molecule is CC1CC1n1c(SCC(=O)O)nc2c(Cl)cccc21. The second-order valence-electron chi connectivity index (χ2n) is 4.83. The Kier molecular flexibility index (Phi) is 3.19. The van der Waals surface area contributed by atoms with Gasteiger partial charge in [-0.15, -0.1) is 0 Å². The number of thioether (sulfide) groups is 1. The lowest BCUT2D eigenvalue weighted by Crippen LogP contribution is -2.02. The predicted octanol–water partition coefficient (Wildman–Crippen LogP) is 3.45. The monoisotopic (exact) mass is 296 g/mol. The van der Waals surface area contributed by atoms with Crippen molar-refractivity contribution in [3.63, 3.8) is 0 Å². The standard InChI is InChI=1S/C13H13ClN2O2S/c1-7-5-10(7)16-9-4-2-3-8(14)12(9)15-13(16)19-6-11(17)18/h2-4,7,10H,5-6H2,1H3,(H,17,18). The molecule has 1 aliphatic rings. The third-order valence-electron chi connectivity index (χ3n) is 3.36. The van der Waals surface area contributed by atoms with Crippen LogP contribution in [-0.2, 0) is 4.79 Å². The first-order chi connectivity index (χ1) is 9.08. The number of aromatic nitrogens is 2. The summed E-state index contributed by atoms with van der Waals surface area (Å²) in [5, 5.41) is 10.2. The first-order valence-electron chi connectivity index (χ1n) is 6.09. The molecule has 1 heterocycles. The predicted molar refractivity (Wildman–Crippen MR) is 75.9 cm³/mol. The summed E-state index contributed by atoms with van der Waals surface area (Å²) in [4.78, 5) is 15.2. The number of rotatable bonds is 4. The highest BCUT2D eigenvalue weighted by Crippen LogP contribution is 2.47. The summed E-state index contributed by atoms with van der Waals surface area (Å²) in [6, 6.07) is 6.12. The summed E-state index contributed by atoms with van der Waals surface area (Å²) in [6.07, 6.45) is 1.11. The topological polar surface area (TPSA) is 55.1 Å². The Bertz CT molecular complexity index is 655. The molecule has 0 bridgehead atoms. The summed E-state index contributed by atoms with van der Waals surface area (Å²) in [5.41, 5.74) is 1.76. The number of benzene rings is 1. The number of hydrogen-bond acceptors (Lipinski definition) is 3. The van der Waals surface area contributed by atoms with Crippen molar-refractivity contribution in [3.8, 4) is 0 Å². The van der Waals surface area contributed by atoms with Crippen molar-refractivity contribution >= 4 is 40.4 Å². The van der Waals surface area contributed by atoms with E-state index in [0.717, 1.165) is 22.6 Å². The lowest BCUT2D eigenvalue weighted by molar-refractivity contribution is -0.133. The van der Waals surface area contributed by atoms with Gasteiger partial charge < -0.3 is 9.67 Å². The number of carboxylic acids is 1. The number of carbonyl (C=O) groups is 1. The van der Waals surface area contributed by atoms with Crippen molar-refractivity contribution in [2.75, 3.05) is 5.75 Å². The maximum atomic E-state index is 10.7. The first kappa shape index (κ1) is 12.8. The Morgan fingerprint density at radius 1 is 1.63 bits per heavy atom. The second kappa shape index (κ2) is 4.72. The molecule has 1 aliphatic carbocycles. The molecule has 6 heteroatoms. The van der Waals surface area contributed by atoms with Crippen LogP contribution in [0.5, 0.6) is 0 Å². The molecule has 100 valence electrons. The molecule has 4 nitrogen and oxygen atoms in total. The maximum Gasteiger partial charge on any atom is 0.313 e. The van der Waals surface area contributed by atoms with Crippen molar-refractivity contribution in [1.82, 2.24) is 9.55 Å². The van der Waals surface area contributed by atoms with Crippen LogP contribution in [0.3, 0.4) is 0 Å². The van der Waals surface area contributed by atoms with Gasteiger partial charge in [-0.25, -0.2) is 4.98 Å². The summed E-state index contributed by atoms with van der Waals surface area (Å²) < 4.78 is 2.14. The number of halogens is 1. The van der Waals surface area contributed by atoms with E-state index in [-0.39, 0.29) is 5.75 Å².